The monoisotopic (exact) mass is 546 g/mol. The number of amides is 2. The molecule has 0 aromatic heterocycles. The van der Waals surface area contributed by atoms with Gasteiger partial charge in [0.15, 0.2) is 17.3 Å². The molecule has 0 unspecified atom stereocenters. The van der Waals surface area contributed by atoms with Crippen molar-refractivity contribution in [2.45, 2.75) is 13.8 Å². The molecular weight excluding hydrogens is 520 g/mol. The number of nitrogens with zero attached hydrogens (tertiary/aromatic N) is 1. The van der Waals surface area contributed by atoms with Crippen LogP contribution in [0.2, 0.25) is 0 Å². The summed E-state index contributed by atoms with van der Waals surface area (Å²) < 4.78 is 5.73. The maximum atomic E-state index is 12.9. The summed E-state index contributed by atoms with van der Waals surface area (Å²) >= 11 is 0. The van der Waals surface area contributed by atoms with E-state index in [4.69, 9.17) is 10.5 Å². The molecule has 8 nitrogen and oxygen atoms in total. The second-order valence-corrected chi connectivity index (χ2v) is 9.49. The van der Waals surface area contributed by atoms with Gasteiger partial charge in [-0.15, -0.1) is 0 Å². The lowest BCUT2D eigenvalue weighted by Crippen LogP contribution is -2.30. The van der Waals surface area contributed by atoms with Crippen LogP contribution in [0, 0.1) is 6.92 Å². The number of carbonyl (C=O) groups is 4. The van der Waals surface area contributed by atoms with E-state index in [0.29, 0.717) is 17.9 Å². The predicted molar refractivity (Wildman–Crippen MR) is 154 cm³/mol. The molecule has 4 aromatic rings. The van der Waals surface area contributed by atoms with Gasteiger partial charge in [-0.2, -0.15) is 0 Å². The minimum atomic E-state index is -0.429. The molecule has 204 valence electrons. The van der Waals surface area contributed by atoms with E-state index in [9.17, 15) is 24.3 Å². The van der Waals surface area contributed by atoms with Crippen LogP contribution in [0.1, 0.15) is 49.9 Å². The largest absolute Gasteiger partial charge is 0.507 e. The lowest BCUT2D eigenvalue weighted by atomic mass is 9.82. The van der Waals surface area contributed by atoms with Crippen LogP contribution in [-0.2, 0) is 9.59 Å². The molecular formula is C33H26N2O6. The summed E-state index contributed by atoms with van der Waals surface area (Å²) in [7, 11) is 0. The number of ether oxygens (including phenoxy) is 1. The summed E-state index contributed by atoms with van der Waals surface area (Å²) in [6, 6.07) is 24.2. The number of aryl methyl sites for hydroxylation is 1. The third kappa shape index (κ3) is 4.98. The van der Waals surface area contributed by atoms with Gasteiger partial charge in [0.05, 0.1) is 22.4 Å². The normalized spacial score (nSPS) is 13.7. The van der Waals surface area contributed by atoms with Crippen molar-refractivity contribution in [3.63, 3.8) is 0 Å². The molecule has 0 atom stereocenters. The maximum Gasteiger partial charge on any atom is 0.261 e. The van der Waals surface area contributed by atoms with Crippen LogP contribution in [0.5, 0.6) is 17.2 Å². The lowest BCUT2D eigenvalue weighted by Gasteiger charge is -2.21. The van der Waals surface area contributed by atoms with Crippen LogP contribution in [0.15, 0.2) is 91.0 Å². The number of aromatic hydroxyl groups is 1. The Balaban J connectivity index is 0.000000191. The number of carbonyl (C=O) groups excluding carboxylic acids is 4. The van der Waals surface area contributed by atoms with E-state index >= 15 is 0 Å². The van der Waals surface area contributed by atoms with Crippen molar-refractivity contribution in [3.8, 4) is 17.2 Å². The molecule has 0 saturated carbocycles. The van der Waals surface area contributed by atoms with Crippen molar-refractivity contribution >= 4 is 34.6 Å². The second kappa shape index (κ2) is 10.9. The molecule has 1 heterocycles. The summed E-state index contributed by atoms with van der Waals surface area (Å²) in [5.41, 5.74) is 8.96. The van der Waals surface area contributed by atoms with Crippen molar-refractivity contribution in [1.29, 1.82) is 0 Å². The van der Waals surface area contributed by atoms with Crippen LogP contribution in [-0.4, -0.2) is 39.9 Å². The fourth-order valence-corrected chi connectivity index (χ4v) is 4.72. The van der Waals surface area contributed by atoms with Crippen molar-refractivity contribution in [2.75, 3.05) is 12.3 Å². The molecule has 0 saturated heterocycles. The molecule has 41 heavy (non-hydrogen) atoms. The van der Waals surface area contributed by atoms with E-state index in [1.165, 1.54) is 17.0 Å². The Morgan fingerprint density at radius 2 is 1.39 bits per heavy atom. The summed E-state index contributed by atoms with van der Waals surface area (Å²) in [6.45, 7) is 4.16. The van der Waals surface area contributed by atoms with E-state index in [0.717, 1.165) is 11.1 Å². The Bertz CT molecular complexity index is 1740. The molecule has 2 amide bonds. The molecule has 0 radical (unpaired) electrons. The average Bonchev–Trinajstić information content (AvgIpc) is 3.28. The van der Waals surface area contributed by atoms with Gasteiger partial charge in [0.2, 0.25) is 0 Å². The summed E-state index contributed by atoms with van der Waals surface area (Å²) in [5, 5.41) is 10.4. The van der Waals surface area contributed by atoms with Crippen LogP contribution in [0.3, 0.4) is 0 Å². The predicted octanol–water partition coefficient (Wildman–Crippen LogP) is 5.31. The van der Waals surface area contributed by atoms with Gasteiger partial charge in [-0.25, -0.2) is 0 Å². The number of phenols is 1. The number of likely N-dealkylation sites (N-methyl/N-ethyl adjacent to an activating group) is 1. The van der Waals surface area contributed by atoms with Gasteiger partial charge in [-0.3, -0.25) is 24.1 Å². The third-order valence-corrected chi connectivity index (χ3v) is 6.84. The number of hydrogen-bond acceptors (Lipinski definition) is 7. The standard InChI is InChI=1S/C21H15NO4.C12H11NO2/c1-11-6-8-12(9-7-11)26-16-10-15(23)17-18(19(16)22)21(25)14-5-3-2-4-13(14)20(17)24;1-2-13-11(14)8-10(12(13)15)9-6-4-3-5-7-9/h2-10,23H,22H2,1H3;3-8H,2H2,1H3. The number of nitrogens with two attached hydrogens (primary N) is 1. The SMILES string of the molecule is CCN1C(=O)C=C(c2ccccc2)C1=O.Cc1ccc(Oc2cc(O)c3c(c2N)C(=O)c2ccccc2C3=O)cc1. The number of fused-ring (bicyclic) bond motifs is 2. The quantitative estimate of drug-likeness (QED) is 0.178. The number of anilines is 1. The van der Waals surface area contributed by atoms with E-state index in [1.807, 2.05) is 49.4 Å². The lowest BCUT2D eigenvalue weighted by molar-refractivity contribution is -0.136. The first-order chi connectivity index (χ1) is 19.7. The van der Waals surface area contributed by atoms with Gasteiger partial charge in [-0.1, -0.05) is 72.3 Å². The number of benzene rings is 4. The van der Waals surface area contributed by atoms with E-state index < -0.39 is 11.6 Å². The molecule has 1 aliphatic carbocycles. The number of ketones is 2. The molecule has 4 aromatic carbocycles. The minimum Gasteiger partial charge on any atom is -0.507 e. The number of imide groups is 1. The Labute approximate surface area is 236 Å². The number of rotatable bonds is 4. The van der Waals surface area contributed by atoms with E-state index in [-0.39, 0.29) is 51.3 Å². The van der Waals surface area contributed by atoms with Crippen molar-refractivity contribution in [2.24, 2.45) is 0 Å². The van der Waals surface area contributed by atoms with Gasteiger partial charge in [-0.05, 0) is 31.5 Å². The Morgan fingerprint density at radius 1 is 0.805 bits per heavy atom. The first-order valence-electron chi connectivity index (χ1n) is 12.9. The molecule has 0 bridgehead atoms. The molecule has 0 fully saturated rings. The summed E-state index contributed by atoms with van der Waals surface area (Å²) in [4.78, 5) is 50.1. The van der Waals surface area contributed by atoms with E-state index in [1.54, 1.807) is 43.3 Å². The van der Waals surface area contributed by atoms with E-state index in [2.05, 4.69) is 0 Å². The van der Waals surface area contributed by atoms with Gasteiger partial charge in [0.25, 0.3) is 11.8 Å². The highest BCUT2D eigenvalue weighted by Crippen LogP contribution is 2.42. The van der Waals surface area contributed by atoms with Gasteiger partial charge < -0.3 is 15.6 Å². The topological polar surface area (TPSA) is 127 Å². The van der Waals surface area contributed by atoms with Gasteiger partial charge in [0.1, 0.15) is 11.5 Å². The number of hydrogen-bond donors (Lipinski definition) is 2. The van der Waals surface area contributed by atoms with Gasteiger partial charge >= 0.3 is 0 Å². The molecule has 0 spiro atoms. The van der Waals surface area contributed by atoms with Crippen LogP contribution in [0.25, 0.3) is 5.57 Å². The molecule has 8 heteroatoms. The first-order valence-corrected chi connectivity index (χ1v) is 12.9. The highest BCUT2D eigenvalue weighted by molar-refractivity contribution is 6.33. The maximum absolute atomic E-state index is 12.9. The highest BCUT2D eigenvalue weighted by Gasteiger charge is 2.35. The molecule has 3 N–H and O–H groups in total. The van der Waals surface area contributed by atoms with Gasteiger partial charge in [0, 0.05) is 29.8 Å². The summed E-state index contributed by atoms with van der Waals surface area (Å²) in [6.07, 6.45) is 1.40. The number of nitrogen functional groups attached to an aromatic ring is 1. The third-order valence-electron chi connectivity index (χ3n) is 6.84. The Morgan fingerprint density at radius 3 is 1.98 bits per heavy atom. The fourth-order valence-electron chi connectivity index (χ4n) is 4.72. The summed E-state index contributed by atoms with van der Waals surface area (Å²) in [5.74, 6) is -0.944. The van der Waals surface area contributed by atoms with Crippen LogP contribution >= 0.6 is 0 Å². The highest BCUT2D eigenvalue weighted by atomic mass is 16.5. The van der Waals surface area contributed by atoms with Crippen molar-refractivity contribution < 1.29 is 29.0 Å². The average molecular weight is 547 g/mol. The molecule has 6 rings (SSSR count). The number of phenolic OH excluding ortho intramolecular Hbond substituents is 1. The first kappa shape index (κ1) is 27.1. The fraction of sp³-hybridized carbons (Fsp3) is 0.0909. The zero-order chi connectivity index (χ0) is 29.3. The van der Waals surface area contributed by atoms with Crippen molar-refractivity contribution in [1.82, 2.24) is 4.90 Å². The smallest absolute Gasteiger partial charge is 0.261 e. The zero-order valence-corrected chi connectivity index (χ0v) is 22.4. The minimum absolute atomic E-state index is 0.0178. The second-order valence-electron chi connectivity index (χ2n) is 9.49. The van der Waals surface area contributed by atoms with Crippen LogP contribution in [0.4, 0.5) is 5.69 Å². The zero-order valence-electron chi connectivity index (χ0n) is 22.4. The molecule has 2 aliphatic rings. The Hall–Kier alpha value is -5.50. The Kier molecular flexibility index (Phi) is 7.22. The molecule has 1 aliphatic heterocycles. The van der Waals surface area contributed by atoms with Crippen molar-refractivity contribution in [3.05, 3.63) is 124 Å². The van der Waals surface area contributed by atoms with Crippen LogP contribution < -0.4 is 10.5 Å².